The number of furan rings is 1. The molecule has 1 fully saturated rings. The number of rotatable bonds is 7. The summed E-state index contributed by atoms with van der Waals surface area (Å²) in [5.41, 5.74) is 1.53. The third-order valence-corrected chi connectivity index (χ3v) is 6.07. The van der Waals surface area contributed by atoms with Crippen molar-refractivity contribution in [2.45, 2.75) is 39.3 Å². The Hall–Kier alpha value is -3.06. The number of hydrogen-bond donors (Lipinski definition) is 1. The number of amides is 1. The van der Waals surface area contributed by atoms with Crippen molar-refractivity contribution in [3.05, 3.63) is 59.1 Å². The number of carbonyl (C=O) groups is 2. The van der Waals surface area contributed by atoms with Crippen LogP contribution in [-0.4, -0.2) is 58.9 Å². The molecule has 4 rings (SSSR count). The molecule has 164 valence electrons. The molecule has 1 aromatic heterocycles. The zero-order valence-electron chi connectivity index (χ0n) is 18.1. The number of likely N-dealkylation sites (N-methyl/N-ethyl adjacent to an activating group) is 1. The van der Waals surface area contributed by atoms with Crippen LogP contribution in [0.4, 0.5) is 0 Å². The van der Waals surface area contributed by atoms with Crippen LogP contribution in [0.1, 0.15) is 43.7 Å². The first-order valence-corrected chi connectivity index (χ1v) is 10.8. The first-order valence-electron chi connectivity index (χ1n) is 10.8. The van der Waals surface area contributed by atoms with E-state index in [9.17, 15) is 14.7 Å². The second-order valence-electron chi connectivity index (χ2n) is 7.99. The Morgan fingerprint density at radius 1 is 1.23 bits per heavy atom. The maximum absolute atomic E-state index is 13.0. The summed E-state index contributed by atoms with van der Waals surface area (Å²) in [4.78, 5) is 29.6. The van der Waals surface area contributed by atoms with Crippen molar-refractivity contribution in [3.8, 4) is 5.75 Å². The minimum absolute atomic E-state index is 0.0615. The topological polar surface area (TPSA) is 83.2 Å². The minimum Gasteiger partial charge on any atom is -0.507 e. The molecule has 7 nitrogen and oxygen atoms in total. The van der Waals surface area contributed by atoms with Gasteiger partial charge < -0.3 is 24.1 Å². The van der Waals surface area contributed by atoms with Gasteiger partial charge in [0.25, 0.3) is 11.7 Å². The molecule has 0 aliphatic carbocycles. The van der Waals surface area contributed by atoms with Crippen LogP contribution in [-0.2, 0) is 16.0 Å². The SMILES string of the molecule is CCN(CC)CCN1C(=O)C(=O)/C(=C(/O)c2ccc3c(c2)CC(C)O3)C1c1ccco1. The molecule has 2 aliphatic rings. The molecular formula is C24H28N2O5. The normalized spacial score (nSPS) is 22.3. The second-order valence-corrected chi connectivity index (χ2v) is 7.99. The third-order valence-electron chi connectivity index (χ3n) is 6.07. The van der Waals surface area contributed by atoms with E-state index in [1.54, 1.807) is 24.3 Å². The van der Waals surface area contributed by atoms with Gasteiger partial charge in [-0.15, -0.1) is 0 Å². The van der Waals surface area contributed by atoms with Crippen LogP contribution in [0.25, 0.3) is 5.76 Å². The maximum Gasteiger partial charge on any atom is 0.295 e. The van der Waals surface area contributed by atoms with Crippen molar-refractivity contribution in [2.24, 2.45) is 0 Å². The van der Waals surface area contributed by atoms with Gasteiger partial charge in [-0.25, -0.2) is 0 Å². The number of ether oxygens (including phenoxy) is 1. The van der Waals surface area contributed by atoms with E-state index in [-0.39, 0.29) is 17.4 Å². The molecule has 0 spiro atoms. The number of Topliss-reactive ketones (excluding diaryl/α,β-unsaturated/α-hetero) is 1. The van der Waals surface area contributed by atoms with Crippen LogP contribution in [0, 0.1) is 0 Å². The Morgan fingerprint density at radius 2 is 2.00 bits per heavy atom. The largest absolute Gasteiger partial charge is 0.507 e. The molecule has 7 heteroatoms. The van der Waals surface area contributed by atoms with Crippen LogP contribution in [0.5, 0.6) is 5.75 Å². The highest BCUT2D eigenvalue weighted by molar-refractivity contribution is 6.46. The fourth-order valence-corrected chi connectivity index (χ4v) is 4.37. The third kappa shape index (κ3) is 3.85. The molecule has 1 aromatic carbocycles. The molecule has 2 aromatic rings. The lowest BCUT2D eigenvalue weighted by atomic mass is 9.97. The number of hydrogen-bond acceptors (Lipinski definition) is 6. The van der Waals surface area contributed by atoms with Gasteiger partial charge in [-0.2, -0.15) is 0 Å². The number of aliphatic hydroxyl groups is 1. The van der Waals surface area contributed by atoms with Gasteiger partial charge in [-0.3, -0.25) is 9.59 Å². The van der Waals surface area contributed by atoms with Crippen LogP contribution >= 0.6 is 0 Å². The second kappa shape index (κ2) is 8.59. The fourth-order valence-electron chi connectivity index (χ4n) is 4.37. The van der Waals surface area contributed by atoms with Crippen molar-refractivity contribution in [2.75, 3.05) is 26.2 Å². The van der Waals surface area contributed by atoms with E-state index in [0.717, 1.165) is 30.8 Å². The molecule has 2 unspecified atom stereocenters. The lowest BCUT2D eigenvalue weighted by molar-refractivity contribution is -0.140. The molecule has 31 heavy (non-hydrogen) atoms. The summed E-state index contributed by atoms with van der Waals surface area (Å²) in [6, 6.07) is 8.03. The Bertz CT molecular complexity index is 1010. The number of benzene rings is 1. The van der Waals surface area contributed by atoms with Crippen molar-refractivity contribution >= 4 is 17.4 Å². The zero-order valence-corrected chi connectivity index (χ0v) is 18.1. The Morgan fingerprint density at radius 3 is 2.68 bits per heavy atom. The smallest absolute Gasteiger partial charge is 0.295 e. The molecular weight excluding hydrogens is 396 g/mol. The monoisotopic (exact) mass is 424 g/mol. The quantitative estimate of drug-likeness (QED) is 0.417. The standard InChI is InChI=1S/C24H28N2O5/c1-4-25(5-2)10-11-26-21(19-7-6-12-30-19)20(23(28)24(26)29)22(27)16-8-9-18-17(14-16)13-15(3)31-18/h6-9,12,14-15,21,27H,4-5,10-11,13H2,1-3H3/b22-20+. The molecule has 1 amide bonds. The number of aliphatic hydroxyl groups excluding tert-OH is 1. The summed E-state index contributed by atoms with van der Waals surface area (Å²) < 4.78 is 11.3. The highest BCUT2D eigenvalue weighted by Gasteiger charge is 2.47. The van der Waals surface area contributed by atoms with Crippen LogP contribution in [0.3, 0.4) is 0 Å². The van der Waals surface area contributed by atoms with Crippen LogP contribution < -0.4 is 4.74 Å². The first kappa shape index (κ1) is 21.2. The molecule has 3 heterocycles. The van der Waals surface area contributed by atoms with E-state index >= 15 is 0 Å². The molecule has 1 N–H and O–H groups in total. The van der Waals surface area contributed by atoms with Gasteiger partial charge in [0, 0.05) is 25.1 Å². The number of likely N-dealkylation sites (tertiary alicyclic amines) is 1. The van der Waals surface area contributed by atoms with Gasteiger partial charge >= 0.3 is 0 Å². The zero-order chi connectivity index (χ0) is 22.1. The lowest BCUT2D eigenvalue weighted by Crippen LogP contribution is -2.37. The summed E-state index contributed by atoms with van der Waals surface area (Å²) in [6.45, 7) is 8.79. The molecule has 0 bridgehead atoms. The van der Waals surface area contributed by atoms with E-state index in [1.165, 1.54) is 11.2 Å². The van der Waals surface area contributed by atoms with Gasteiger partial charge in [-0.1, -0.05) is 13.8 Å². The fraction of sp³-hybridized carbons (Fsp3) is 0.417. The van der Waals surface area contributed by atoms with Gasteiger partial charge in [0.2, 0.25) is 0 Å². The highest BCUT2D eigenvalue weighted by Crippen LogP contribution is 2.40. The van der Waals surface area contributed by atoms with Gasteiger partial charge in [-0.05, 0) is 55.9 Å². The van der Waals surface area contributed by atoms with E-state index < -0.39 is 17.7 Å². The first-order chi connectivity index (χ1) is 14.9. The van der Waals surface area contributed by atoms with Crippen molar-refractivity contribution < 1.29 is 23.8 Å². The van der Waals surface area contributed by atoms with E-state index in [2.05, 4.69) is 18.7 Å². The number of nitrogens with zero attached hydrogens (tertiary/aromatic N) is 2. The number of fused-ring (bicyclic) bond motifs is 1. The average Bonchev–Trinajstić information content (AvgIpc) is 3.47. The van der Waals surface area contributed by atoms with Gasteiger partial charge in [0.1, 0.15) is 29.4 Å². The van der Waals surface area contributed by atoms with Crippen LogP contribution in [0.15, 0.2) is 46.6 Å². The Kier molecular flexibility index (Phi) is 5.87. The number of carbonyl (C=O) groups excluding carboxylic acids is 2. The molecule has 2 atom stereocenters. The summed E-state index contributed by atoms with van der Waals surface area (Å²) in [5, 5.41) is 11.1. The van der Waals surface area contributed by atoms with Gasteiger partial charge in [0.15, 0.2) is 0 Å². The summed E-state index contributed by atoms with van der Waals surface area (Å²) in [5.74, 6) is -0.256. The number of ketones is 1. The molecule has 0 radical (unpaired) electrons. The van der Waals surface area contributed by atoms with Crippen molar-refractivity contribution in [1.29, 1.82) is 0 Å². The average molecular weight is 424 g/mol. The molecule has 1 saturated heterocycles. The molecule has 2 aliphatic heterocycles. The molecule has 0 saturated carbocycles. The predicted molar refractivity (Wildman–Crippen MR) is 116 cm³/mol. The summed E-state index contributed by atoms with van der Waals surface area (Å²) in [6.07, 6.45) is 2.31. The maximum atomic E-state index is 13.0. The van der Waals surface area contributed by atoms with Crippen LogP contribution in [0.2, 0.25) is 0 Å². The van der Waals surface area contributed by atoms with Gasteiger partial charge in [0.05, 0.1) is 11.8 Å². The Balaban J connectivity index is 1.74. The van der Waals surface area contributed by atoms with E-state index in [0.29, 0.717) is 24.4 Å². The highest BCUT2D eigenvalue weighted by atomic mass is 16.5. The predicted octanol–water partition coefficient (Wildman–Crippen LogP) is 3.37. The minimum atomic E-state index is -0.756. The summed E-state index contributed by atoms with van der Waals surface area (Å²) >= 11 is 0. The van der Waals surface area contributed by atoms with E-state index in [4.69, 9.17) is 9.15 Å². The van der Waals surface area contributed by atoms with E-state index in [1.807, 2.05) is 13.0 Å². The Labute approximate surface area is 181 Å². The lowest BCUT2D eigenvalue weighted by Gasteiger charge is -2.26. The van der Waals surface area contributed by atoms with Crippen molar-refractivity contribution in [1.82, 2.24) is 9.80 Å². The summed E-state index contributed by atoms with van der Waals surface area (Å²) in [7, 11) is 0. The van der Waals surface area contributed by atoms with Crippen molar-refractivity contribution in [3.63, 3.8) is 0 Å².